The van der Waals surface area contributed by atoms with Gasteiger partial charge in [0.2, 0.25) is 0 Å². The molecule has 0 fully saturated rings. The van der Waals surface area contributed by atoms with Gasteiger partial charge in [-0.3, -0.25) is 0 Å². The molecule has 0 unspecified atom stereocenters. The summed E-state index contributed by atoms with van der Waals surface area (Å²) < 4.78 is 0. The van der Waals surface area contributed by atoms with Gasteiger partial charge in [-0.1, -0.05) is 0 Å². The van der Waals surface area contributed by atoms with Gasteiger partial charge in [-0.25, -0.2) is 0 Å². The maximum absolute atomic E-state index is 0. The van der Waals surface area contributed by atoms with E-state index in [4.69, 9.17) is 0 Å². The average molecular weight is 233 g/mol. The molecule has 0 aromatic rings. The molecule has 0 heterocycles. The Kier molecular flexibility index (Phi) is 106000. The fraction of sp³-hybridized carbons (Fsp3) is 0. The van der Waals surface area contributed by atoms with Crippen molar-refractivity contribution in [2.24, 2.45) is 0 Å². The maximum atomic E-state index is 0. The second-order valence-corrected chi connectivity index (χ2v) is 0. The maximum Gasteiger partial charge on any atom is 0 e. The molecule has 64 valence electrons. The molecule has 0 saturated heterocycles. The fourth-order valence-corrected chi connectivity index (χ4v) is 0. The number of halogens is 1. The zero-order valence-corrected chi connectivity index (χ0v) is 6.69. The van der Waals surface area contributed by atoms with Gasteiger partial charge in [0.15, 0.2) is 0 Å². The average Bonchev–Trinajstić information content (AvgIpc) is 0. The topological polar surface area (TPSA) is 201 Å². The molecule has 0 radical (unpaired) electrons. The monoisotopic (exact) mass is 233 g/mol. The van der Waals surface area contributed by atoms with Crippen LogP contribution in [-0.4, -0.2) is 0 Å². The molecule has 0 amide bonds. The molecule has 0 rings (SSSR count). The van der Waals surface area contributed by atoms with E-state index in [1.54, 1.807) is 0 Å². The van der Waals surface area contributed by atoms with Crippen LogP contribution in [0.1, 0.15) is 0 Å². The summed E-state index contributed by atoms with van der Waals surface area (Å²) in [6.45, 7) is 0. The third-order valence-electron chi connectivity index (χ3n) is 0. The van der Waals surface area contributed by atoms with E-state index in [0.717, 1.165) is 0 Å². The van der Waals surface area contributed by atoms with Crippen LogP contribution < -0.4 is 12.4 Å². The van der Waals surface area contributed by atoms with E-state index in [1.807, 2.05) is 0 Å². The predicted molar refractivity (Wildman–Crippen MR) is 31.7 cm³/mol. The second-order valence-electron chi connectivity index (χ2n) is 0. The van der Waals surface area contributed by atoms with Crippen molar-refractivity contribution >= 4 is 0 Å². The Bertz CT molecular complexity index is 8.49. The van der Waals surface area contributed by atoms with E-state index in [1.165, 1.54) is 0 Å². The van der Waals surface area contributed by atoms with Crippen molar-refractivity contribution < 1.29 is 31.9 Å². The van der Waals surface area contributed by atoms with Crippen LogP contribution in [0.5, 0.6) is 0 Å². The van der Waals surface area contributed by atoms with Gasteiger partial charge in [-0.2, -0.15) is 0 Å². The Labute approximate surface area is 69.2 Å². The molecule has 12 N–H and O–H groups in total. The molecule has 0 aromatic carbocycles. The molecule has 0 atom stereocenters. The van der Waals surface area contributed by atoms with Gasteiger partial charge < -0.3 is 49.3 Å². The molecule has 8 heavy (non-hydrogen) atoms. The van der Waals surface area contributed by atoms with Crippen LogP contribution in [0, 0.1) is 0 Å². The SMILES string of the molecule is [Cl-].[NH2-].[NH2-].[NH2-].[NH2-].[NH2-].[NH2-].[Ru]. The number of nitrogens with two attached hydrogens (primary N) is 6. The van der Waals surface area contributed by atoms with Crippen molar-refractivity contribution in [1.29, 1.82) is 0 Å². The first kappa shape index (κ1) is 1130. The third-order valence-corrected chi connectivity index (χ3v) is 0. The summed E-state index contributed by atoms with van der Waals surface area (Å²) in [5, 5.41) is 0. The molecule has 0 aliphatic heterocycles. The minimum Gasteiger partial charge on any atom is -1.00 e. The van der Waals surface area contributed by atoms with E-state index in [9.17, 15) is 0 Å². The van der Waals surface area contributed by atoms with Gasteiger partial charge in [-0.05, 0) is 0 Å². The Morgan fingerprint density at radius 1 is 0.375 bits per heavy atom. The quantitative estimate of drug-likeness (QED) is 0.542. The van der Waals surface area contributed by atoms with Crippen LogP contribution in [0.4, 0.5) is 0 Å². The summed E-state index contributed by atoms with van der Waals surface area (Å²) in [7, 11) is 0. The zero-order chi connectivity index (χ0) is 0. The molecular weight excluding hydrogens is 221 g/mol. The largest absolute Gasteiger partial charge is 1.00 e. The molecule has 0 bridgehead atoms. The second kappa shape index (κ2) is 754. The smallest absolute Gasteiger partial charge is 0 e. The normalized spacial score (nSPS) is 0. The zero-order valence-electron chi connectivity index (χ0n) is 4.20. The summed E-state index contributed by atoms with van der Waals surface area (Å²) in [5.74, 6) is 0. The van der Waals surface area contributed by atoms with Crippen molar-refractivity contribution in [3.63, 3.8) is 0 Å². The van der Waals surface area contributed by atoms with Gasteiger partial charge in [0.05, 0.1) is 0 Å². The van der Waals surface area contributed by atoms with Crippen molar-refractivity contribution in [3.8, 4) is 0 Å². The molecule has 6 nitrogen and oxygen atoms in total. The van der Waals surface area contributed by atoms with Crippen molar-refractivity contribution in [3.05, 3.63) is 36.9 Å². The molecule has 0 aliphatic rings. The number of rotatable bonds is 0. The molecule has 0 aliphatic carbocycles. The minimum atomic E-state index is 0. The molecule has 8 heteroatoms. The van der Waals surface area contributed by atoms with Crippen molar-refractivity contribution in [2.75, 3.05) is 0 Å². The van der Waals surface area contributed by atoms with Crippen LogP contribution in [0.15, 0.2) is 0 Å². The summed E-state index contributed by atoms with van der Waals surface area (Å²) in [6.07, 6.45) is 0. The number of hydrogen-bond donors (Lipinski definition) is 0. The predicted octanol–water partition coefficient (Wildman–Crippen LogP) is 1.30. The van der Waals surface area contributed by atoms with E-state index >= 15 is 0 Å². The first-order valence-electron chi connectivity index (χ1n) is 0. The van der Waals surface area contributed by atoms with Crippen LogP contribution in [0.2, 0.25) is 0 Å². The van der Waals surface area contributed by atoms with E-state index in [2.05, 4.69) is 0 Å². The van der Waals surface area contributed by atoms with Crippen molar-refractivity contribution in [1.82, 2.24) is 0 Å². The summed E-state index contributed by atoms with van der Waals surface area (Å²) >= 11 is 0. The van der Waals surface area contributed by atoms with Gasteiger partial charge in [0.25, 0.3) is 0 Å². The molecule has 0 spiro atoms. The van der Waals surface area contributed by atoms with Gasteiger partial charge in [0, 0.05) is 19.5 Å². The van der Waals surface area contributed by atoms with Gasteiger partial charge >= 0.3 is 0 Å². The van der Waals surface area contributed by atoms with Crippen LogP contribution >= 0.6 is 0 Å². The minimum absolute atomic E-state index is 0. The van der Waals surface area contributed by atoms with E-state index in [-0.39, 0.29) is 68.8 Å². The summed E-state index contributed by atoms with van der Waals surface area (Å²) in [6, 6.07) is 0. The Balaban J connectivity index is 0. The molecule has 0 saturated carbocycles. The standard InChI is InChI=1S/ClH.6H2N.Ru/h1H;6*1H2;/q;6*-1;/p-1. The molecular formula is H12ClN6Ru-7. The van der Waals surface area contributed by atoms with Gasteiger partial charge in [0.1, 0.15) is 0 Å². The first-order chi connectivity index (χ1) is 0. The fourth-order valence-electron chi connectivity index (χ4n) is 0. The van der Waals surface area contributed by atoms with Crippen molar-refractivity contribution in [2.45, 2.75) is 0 Å². The third kappa shape index (κ3) is 474. The van der Waals surface area contributed by atoms with Crippen LogP contribution in [0.3, 0.4) is 0 Å². The van der Waals surface area contributed by atoms with Gasteiger partial charge in [-0.15, -0.1) is 0 Å². The molecule has 0 aromatic heterocycles. The Morgan fingerprint density at radius 2 is 0.375 bits per heavy atom. The summed E-state index contributed by atoms with van der Waals surface area (Å²) in [4.78, 5) is 0. The Morgan fingerprint density at radius 3 is 0.375 bits per heavy atom. The number of hydrogen-bond acceptors (Lipinski definition) is 0. The van der Waals surface area contributed by atoms with E-state index in [0.29, 0.717) is 0 Å². The van der Waals surface area contributed by atoms with Crippen LogP contribution in [-0.2, 0) is 19.5 Å². The summed E-state index contributed by atoms with van der Waals surface area (Å²) in [5.41, 5.74) is 0. The Hall–Kier alpha value is 0.673. The van der Waals surface area contributed by atoms with Crippen LogP contribution in [0.25, 0.3) is 36.9 Å². The van der Waals surface area contributed by atoms with E-state index < -0.39 is 0 Å². The first-order valence-corrected chi connectivity index (χ1v) is 0.